The zero-order valence-corrected chi connectivity index (χ0v) is 10.5. The highest BCUT2D eigenvalue weighted by atomic mass is 15.0. The second kappa shape index (κ2) is 3.67. The van der Waals surface area contributed by atoms with Crippen molar-refractivity contribution in [1.82, 2.24) is 0 Å². The summed E-state index contributed by atoms with van der Waals surface area (Å²) in [6, 6.07) is 21.4. The van der Waals surface area contributed by atoms with Gasteiger partial charge in [0.25, 0.3) is 0 Å². The average molecular weight is 246 g/mol. The first-order chi connectivity index (χ1) is 9.89. The van der Waals surface area contributed by atoms with Crippen LogP contribution >= 0.6 is 0 Å². The lowest BCUT2D eigenvalue weighted by atomic mass is 9.83. The van der Waals surface area contributed by atoms with Gasteiger partial charge in [-0.25, -0.2) is 0 Å². The van der Waals surface area contributed by atoms with Crippen molar-refractivity contribution in [2.75, 3.05) is 0 Å². The van der Waals surface area contributed by atoms with E-state index < -0.39 is 0 Å². The van der Waals surface area contributed by atoms with Crippen molar-refractivity contribution in [2.24, 2.45) is 10.9 Å². The van der Waals surface area contributed by atoms with E-state index in [1.807, 2.05) is 18.3 Å². The van der Waals surface area contributed by atoms with Crippen LogP contribution in [0.3, 0.4) is 0 Å². The van der Waals surface area contributed by atoms with Crippen molar-refractivity contribution >= 4 is 6.21 Å². The van der Waals surface area contributed by atoms with Crippen LogP contribution in [0.5, 0.6) is 0 Å². The third-order valence-electron chi connectivity index (χ3n) is 4.41. The Kier molecular flexibility index (Phi) is 1.88. The second-order valence-electron chi connectivity index (χ2n) is 5.30. The van der Waals surface area contributed by atoms with Gasteiger partial charge < -0.3 is 0 Å². The van der Waals surface area contributed by atoms with E-state index in [0.717, 1.165) is 5.57 Å². The summed E-state index contributed by atoms with van der Waals surface area (Å²) in [4.78, 5) is 4.66. The SMILES string of the molecule is [2H]C=C1C=NC2C1C2(c1ccccc1)c1ccccc1. The molecule has 1 fully saturated rings. The Morgan fingerprint density at radius 1 is 0.947 bits per heavy atom. The van der Waals surface area contributed by atoms with Gasteiger partial charge in [0.15, 0.2) is 0 Å². The molecule has 2 atom stereocenters. The molecule has 2 aromatic carbocycles. The molecule has 0 radical (unpaired) electrons. The molecule has 1 aliphatic heterocycles. The molecule has 1 heteroatoms. The number of hydrogen-bond donors (Lipinski definition) is 0. The van der Waals surface area contributed by atoms with Crippen LogP contribution in [0.25, 0.3) is 0 Å². The first-order valence-corrected chi connectivity index (χ1v) is 6.61. The Morgan fingerprint density at radius 3 is 2.05 bits per heavy atom. The predicted octanol–water partition coefficient (Wildman–Crippen LogP) is 3.61. The van der Waals surface area contributed by atoms with E-state index >= 15 is 0 Å². The number of fused-ring (bicyclic) bond motifs is 1. The number of nitrogens with zero attached hydrogens (tertiary/aromatic N) is 1. The molecule has 0 N–H and O–H groups in total. The number of rotatable bonds is 2. The minimum absolute atomic E-state index is 0.0653. The van der Waals surface area contributed by atoms with E-state index in [1.165, 1.54) is 17.7 Å². The molecule has 0 spiro atoms. The number of hydrogen-bond acceptors (Lipinski definition) is 1. The largest absolute Gasteiger partial charge is 0.288 e. The molecule has 0 saturated heterocycles. The fourth-order valence-corrected chi connectivity index (χ4v) is 3.56. The summed E-state index contributed by atoms with van der Waals surface area (Å²) < 4.78 is 7.61. The van der Waals surface area contributed by atoms with E-state index in [9.17, 15) is 0 Å². The number of aliphatic imine (C=N–C) groups is 1. The molecule has 0 aromatic heterocycles. The molecule has 0 bridgehead atoms. The van der Waals surface area contributed by atoms with E-state index in [1.54, 1.807) is 0 Å². The highest BCUT2D eigenvalue weighted by Gasteiger charge is 2.69. The van der Waals surface area contributed by atoms with Crippen molar-refractivity contribution < 1.29 is 1.37 Å². The van der Waals surface area contributed by atoms with Crippen molar-refractivity contribution in [2.45, 2.75) is 11.5 Å². The van der Waals surface area contributed by atoms with E-state index in [2.05, 4.69) is 53.5 Å². The lowest BCUT2D eigenvalue weighted by Gasteiger charge is -2.20. The first-order valence-electron chi connectivity index (χ1n) is 7.19. The third kappa shape index (κ3) is 1.27. The van der Waals surface area contributed by atoms with Crippen LogP contribution in [0.4, 0.5) is 0 Å². The van der Waals surface area contributed by atoms with Crippen LogP contribution in [0.15, 0.2) is 77.8 Å². The van der Waals surface area contributed by atoms with Crippen LogP contribution in [-0.4, -0.2) is 12.3 Å². The Hall–Kier alpha value is -2.15. The number of benzene rings is 2. The first kappa shape index (κ1) is 9.74. The molecule has 1 saturated carbocycles. The van der Waals surface area contributed by atoms with Crippen LogP contribution in [0, 0.1) is 5.92 Å². The van der Waals surface area contributed by atoms with Gasteiger partial charge in [-0.1, -0.05) is 67.2 Å². The van der Waals surface area contributed by atoms with Crippen LogP contribution in [0.2, 0.25) is 0 Å². The van der Waals surface area contributed by atoms with Crippen LogP contribution in [0.1, 0.15) is 12.5 Å². The maximum absolute atomic E-state index is 7.61. The molecular formula is C18H15N. The van der Waals surface area contributed by atoms with Crippen molar-refractivity contribution in [1.29, 1.82) is 0 Å². The molecule has 1 heterocycles. The molecule has 2 unspecified atom stereocenters. The zero-order valence-electron chi connectivity index (χ0n) is 11.5. The van der Waals surface area contributed by atoms with Gasteiger partial charge in [-0.3, -0.25) is 4.99 Å². The highest BCUT2D eigenvalue weighted by molar-refractivity contribution is 5.87. The predicted molar refractivity (Wildman–Crippen MR) is 78.6 cm³/mol. The van der Waals surface area contributed by atoms with Gasteiger partial charge in [-0.15, -0.1) is 0 Å². The van der Waals surface area contributed by atoms with Gasteiger partial charge in [0.1, 0.15) is 0 Å². The van der Waals surface area contributed by atoms with Crippen LogP contribution < -0.4 is 0 Å². The standard InChI is InChI=1S/C18H15N/c1-13-12-19-17-16(13)18(17,14-8-4-2-5-9-14)15-10-6-3-7-11-15/h2-12,16-17H,1H2/i1D. The topological polar surface area (TPSA) is 12.4 Å². The summed E-state index contributed by atoms with van der Waals surface area (Å²) in [7, 11) is 0. The third-order valence-corrected chi connectivity index (χ3v) is 4.41. The van der Waals surface area contributed by atoms with Gasteiger partial charge in [0.2, 0.25) is 0 Å². The van der Waals surface area contributed by atoms with E-state index in [-0.39, 0.29) is 11.5 Å². The molecular weight excluding hydrogens is 230 g/mol. The lowest BCUT2D eigenvalue weighted by Crippen LogP contribution is -2.17. The molecule has 92 valence electrons. The summed E-state index contributed by atoms with van der Waals surface area (Å²) in [5.74, 6) is 0.324. The molecule has 4 rings (SSSR count). The van der Waals surface area contributed by atoms with Crippen molar-refractivity contribution in [3.05, 3.63) is 83.9 Å². The highest BCUT2D eigenvalue weighted by Crippen LogP contribution is 2.65. The fourth-order valence-electron chi connectivity index (χ4n) is 3.56. The fraction of sp³-hybridized carbons (Fsp3) is 0.167. The van der Waals surface area contributed by atoms with Crippen LogP contribution in [-0.2, 0) is 5.41 Å². The normalized spacial score (nSPS) is 29.1. The molecule has 19 heavy (non-hydrogen) atoms. The summed E-state index contributed by atoms with van der Waals surface area (Å²) >= 11 is 0. The van der Waals surface area contributed by atoms with Crippen molar-refractivity contribution in [3.8, 4) is 0 Å². The summed E-state index contributed by atoms with van der Waals surface area (Å²) in [5, 5.41) is 0. The van der Waals surface area contributed by atoms with Gasteiger partial charge in [0.05, 0.1) is 12.8 Å². The van der Waals surface area contributed by atoms with Gasteiger partial charge in [-0.05, 0) is 16.7 Å². The maximum atomic E-state index is 7.61. The van der Waals surface area contributed by atoms with Crippen molar-refractivity contribution in [3.63, 3.8) is 0 Å². The zero-order chi connectivity index (χ0) is 13.6. The van der Waals surface area contributed by atoms with E-state index in [4.69, 9.17) is 1.37 Å². The Balaban J connectivity index is 1.92. The summed E-state index contributed by atoms with van der Waals surface area (Å²) in [6.45, 7) is 1.46. The molecule has 2 aromatic rings. The second-order valence-corrected chi connectivity index (χ2v) is 5.30. The summed E-state index contributed by atoms with van der Waals surface area (Å²) in [5.41, 5.74) is 3.59. The van der Waals surface area contributed by atoms with E-state index in [0.29, 0.717) is 5.92 Å². The quantitative estimate of drug-likeness (QED) is 0.767. The summed E-state index contributed by atoms with van der Waals surface area (Å²) in [6.07, 6.45) is 1.87. The van der Waals surface area contributed by atoms with Gasteiger partial charge >= 0.3 is 0 Å². The lowest BCUT2D eigenvalue weighted by molar-refractivity contribution is 0.758. The minimum Gasteiger partial charge on any atom is -0.288 e. The Bertz CT molecular complexity index is 646. The molecule has 2 aliphatic rings. The van der Waals surface area contributed by atoms with Gasteiger partial charge in [-0.2, -0.15) is 0 Å². The maximum Gasteiger partial charge on any atom is 0.0724 e. The molecule has 0 amide bonds. The van der Waals surface area contributed by atoms with Gasteiger partial charge in [0, 0.05) is 12.1 Å². The smallest absolute Gasteiger partial charge is 0.0724 e. The molecule has 1 aliphatic carbocycles. The Labute approximate surface area is 114 Å². The Morgan fingerprint density at radius 2 is 1.53 bits per heavy atom. The average Bonchev–Trinajstić information content (AvgIpc) is 3.00. The monoisotopic (exact) mass is 246 g/mol. The molecule has 1 nitrogen and oxygen atoms in total. The minimum atomic E-state index is -0.0653.